The van der Waals surface area contributed by atoms with Gasteiger partial charge in [-0.25, -0.2) is 0 Å². The van der Waals surface area contributed by atoms with Crippen LogP contribution in [0.4, 0.5) is 0 Å². The standard InChI is InChI=1S/C15H11Br2NO/c16-8-13-7-14(4-5-15(13)17)19-10-12-3-1-2-11(6-12)9-18/h1-7H,8,10H2. The molecule has 2 rings (SSSR count). The van der Waals surface area contributed by atoms with Gasteiger partial charge in [-0.1, -0.05) is 44.0 Å². The lowest BCUT2D eigenvalue weighted by Crippen LogP contribution is -1.96. The summed E-state index contributed by atoms with van der Waals surface area (Å²) >= 11 is 6.92. The Kier molecular flexibility index (Phi) is 5.00. The maximum Gasteiger partial charge on any atom is 0.120 e. The summed E-state index contributed by atoms with van der Waals surface area (Å²) < 4.78 is 6.80. The molecule has 0 atom stereocenters. The lowest BCUT2D eigenvalue weighted by atomic mass is 10.1. The van der Waals surface area contributed by atoms with Crippen LogP contribution in [0, 0.1) is 11.3 Å². The van der Waals surface area contributed by atoms with Gasteiger partial charge < -0.3 is 4.74 Å². The number of benzene rings is 2. The normalized spacial score (nSPS) is 9.95. The molecule has 2 nitrogen and oxygen atoms in total. The van der Waals surface area contributed by atoms with Crippen molar-refractivity contribution >= 4 is 31.9 Å². The molecule has 0 saturated carbocycles. The summed E-state index contributed by atoms with van der Waals surface area (Å²) in [7, 11) is 0. The summed E-state index contributed by atoms with van der Waals surface area (Å²) in [5, 5.41) is 9.62. The van der Waals surface area contributed by atoms with Gasteiger partial charge in [0.2, 0.25) is 0 Å². The molecule has 4 heteroatoms. The van der Waals surface area contributed by atoms with Crippen LogP contribution >= 0.6 is 31.9 Å². The first-order valence-corrected chi connectivity index (χ1v) is 7.60. The average Bonchev–Trinajstić information content (AvgIpc) is 2.46. The smallest absolute Gasteiger partial charge is 0.120 e. The third-order valence-corrected chi connectivity index (χ3v) is 4.00. The molecule has 0 saturated heterocycles. The predicted molar refractivity (Wildman–Crippen MR) is 82.3 cm³/mol. The minimum absolute atomic E-state index is 0.457. The molecule has 0 spiro atoms. The fourth-order valence-corrected chi connectivity index (χ4v) is 2.87. The van der Waals surface area contributed by atoms with E-state index < -0.39 is 0 Å². The third-order valence-electron chi connectivity index (χ3n) is 2.62. The average molecular weight is 381 g/mol. The van der Waals surface area contributed by atoms with Crippen LogP contribution in [-0.4, -0.2) is 0 Å². The van der Waals surface area contributed by atoms with Gasteiger partial charge in [-0.05, 0) is 41.5 Å². The highest BCUT2D eigenvalue weighted by atomic mass is 79.9. The summed E-state index contributed by atoms with van der Waals surface area (Å²) in [5.74, 6) is 0.819. The highest BCUT2D eigenvalue weighted by Gasteiger charge is 2.02. The van der Waals surface area contributed by atoms with Crippen molar-refractivity contribution in [2.75, 3.05) is 0 Å². The highest BCUT2D eigenvalue weighted by molar-refractivity contribution is 9.10. The van der Waals surface area contributed by atoms with Gasteiger partial charge >= 0.3 is 0 Å². The van der Waals surface area contributed by atoms with Crippen molar-refractivity contribution in [3.63, 3.8) is 0 Å². The molecule has 0 amide bonds. The van der Waals surface area contributed by atoms with E-state index in [1.165, 1.54) is 0 Å². The Hall–Kier alpha value is -1.31. The zero-order chi connectivity index (χ0) is 13.7. The molecule has 2 aromatic carbocycles. The first-order chi connectivity index (χ1) is 9.22. The Morgan fingerprint density at radius 3 is 2.74 bits per heavy atom. The van der Waals surface area contributed by atoms with Crippen molar-refractivity contribution in [1.29, 1.82) is 5.26 Å². The maximum atomic E-state index is 8.84. The number of ether oxygens (including phenoxy) is 1. The molecular weight excluding hydrogens is 370 g/mol. The summed E-state index contributed by atoms with van der Waals surface area (Å²) in [6.45, 7) is 0.457. The summed E-state index contributed by atoms with van der Waals surface area (Å²) in [5.41, 5.74) is 2.78. The second-order valence-electron chi connectivity index (χ2n) is 3.99. The number of alkyl halides is 1. The van der Waals surface area contributed by atoms with Gasteiger partial charge in [0.25, 0.3) is 0 Å². The molecule has 2 aromatic rings. The van der Waals surface area contributed by atoms with Gasteiger partial charge in [-0.3, -0.25) is 0 Å². The molecule has 0 aliphatic heterocycles. The van der Waals surface area contributed by atoms with E-state index in [9.17, 15) is 0 Å². The fourth-order valence-electron chi connectivity index (χ4n) is 1.64. The molecule has 0 heterocycles. The van der Waals surface area contributed by atoms with Crippen LogP contribution in [0.3, 0.4) is 0 Å². The van der Waals surface area contributed by atoms with E-state index in [2.05, 4.69) is 37.9 Å². The van der Waals surface area contributed by atoms with Crippen LogP contribution in [0.15, 0.2) is 46.9 Å². The number of halogens is 2. The molecule has 0 unspecified atom stereocenters. The maximum absolute atomic E-state index is 8.84. The minimum atomic E-state index is 0.457. The van der Waals surface area contributed by atoms with Gasteiger partial charge in [-0.15, -0.1) is 0 Å². The summed E-state index contributed by atoms with van der Waals surface area (Å²) in [6.07, 6.45) is 0. The predicted octanol–water partition coefficient (Wildman–Crippen LogP) is 4.79. The topological polar surface area (TPSA) is 33.0 Å². The van der Waals surface area contributed by atoms with Crippen molar-refractivity contribution in [1.82, 2.24) is 0 Å². The minimum Gasteiger partial charge on any atom is -0.489 e. The first kappa shape index (κ1) is 14.1. The molecule has 0 radical (unpaired) electrons. The van der Waals surface area contributed by atoms with Gasteiger partial charge in [0.1, 0.15) is 12.4 Å². The quantitative estimate of drug-likeness (QED) is 0.714. The Labute approximate surface area is 129 Å². The van der Waals surface area contributed by atoms with Gasteiger partial charge in [0.05, 0.1) is 11.6 Å². The third kappa shape index (κ3) is 3.82. The number of hydrogen-bond acceptors (Lipinski definition) is 2. The SMILES string of the molecule is N#Cc1cccc(COc2ccc(Br)c(CBr)c2)c1. The van der Waals surface area contributed by atoms with Crippen molar-refractivity contribution in [3.05, 3.63) is 63.6 Å². The Morgan fingerprint density at radius 2 is 2.00 bits per heavy atom. The van der Waals surface area contributed by atoms with E-state index in [0.29, 0.717) is 12.2 Å². The fraction of sp³-hybridized carbons (Fsp3) is 0.133. The number of nitriles is 1. The molecule has 96 valence electrons. The van der Waals surface area contributed by atoms with Crippen LogP contribution in [-0.2, 0) is 11.9 Å². The van der Waals surface area contributed by atoms with Gasteiger partial charge in [0, 0.05) is 9.80 Å². The van der Waals surface area contributed by atoms with Crippen molar-refractivity contribution in [2.45, 2.75) is 11.9 Å². The van der Waals surface area contributed by atoms with Crippen molar-refractivity contribution < 1.29 is 4.74 Å². The van der Waals surface area contributed by atoms with Gasteiger partial charge in [-0.2, -0.15) is 5.26 Å². The molecule has 0 aliphatic carbocycles. The largest absolute Gasteiger partial charge is 0.489 e. The second kappa shape index (κ2) is 6.74. The summed E-state index contributed by atoms with van der Waals surface area (Å²) in [4.78, 5) is 0. The Balaban J connectivity index is 2.08. The molecule has 0 N–H and O–H groups in total. The Morgan fingerprint density at radius 1 is 1.16 bits per heavy atom. The van der Waals surface area contributed by atoms with E-state index in [1.807, 2.05) is 36.4 Å². The van der Waals surface area contributed by atoms with Crippen molar-refractivity contribution in [3.8, 4) is 11.8 Å². The van der Waals surface area contributed by atoms with E-state index in [-0.39, 0.29) is 0 Å². The molecular formula is C15H11Br2NO. The molecule has 0 aromatic heterocycles. The number of hydrogen-bond donors (Lipinski definition) is 0. The van der Waals surface area contributed by atoms with Crippen LogP contribution < -0.4 is 4.74 Å². The van der Waals surface area contributed by atoms with Crippen molar-refractivity contribution in [2.24, 2.45) is 0 Å². The molecule has 0 bridgehead atoms. The molecule has 19 heavy (non-hydrogen) atoms. The first-order valence-electron chi connectivity index (χ1n) is 5.69. The van der Waals surface area contributed by atoms with Crippen LogP contribution in [0.1, 0.15) is 16.7 Å². The number of nitrogens with zero attached hydrogens (tertiary/aromatic N) is 1. The van der Waals surface area contributed by atoms with E-state index in [4.69, 9.17) is 10.00 Å². The van der Waals surface area contributed by atoms with E-state index in [0.717, 1.165) is 26.7 Å². The zero-order valence-corrected chi connectivity index (χ0v) is 13.2. The zero-order valence-electron chi connectivity index (χ0n) is 10.1. The second-order valence-corrected chi connectivity index (χ2v) is 5.40. The molecule has 0 aliphatic rings. The van der Waals surface area contributed by atoms with E-state index in [1.54, 1.807) is 6.07 Å². The Bertz CT molecular complexity index is 620. The lowest BCUT2D eigenvalue weighted by molar-refractivity contribution is 0.306. The van der Waals surface area contributed by atoms with Crippen LogP contribution in [0.25, 0.3) is 0 Å². The molecule has 0 fully saturated rings. The van der Waals surface area contributed by atoms with Gasteiger partial charge in [0.15, 0.2) is 0 Å². The summed E-state index contributed by atoms with van der Waals surface area (Å²) in [6, 6.07) is 15.4. The van der Waals surface area contributed by atoms with Crippen LogP contribution in [0.2, 0.25) is 0 Å². The number of rotatable bonds is 4. The monoisotopic (exact) mass is 379 g/mol. The lowest BCUT2D eigenvalue weighted by Gasteiger charge is -2.08. The van der Waals surface area contributed by atoms with Crippen LogP contribution in [0.5, 0.6) is 5.75 Å². The highest BCUT2D eigenvalue weighted by Crippen LogP contribution is 2.25. The van der Waals surface area contributed by atoms with E-state index >= 15 is 0 Å².